The Morgan fingerprint density at radius 2 is 1.86 bits per heavy atom. The maximum atomic E-state index is 13.1. The minimum Gasteiger partial charge on any atom is -0.351 e. The summed E-state index contributed by atoms with van der Waals surface area (Å²) >= 11 is 11.7. The van der Waals surface area contributed by atoms with Gasteiger partial charge in [0.25, 0.3) is 5.91 Å². The van der Waals surface area contributed by atoms with Gasteiger partial charge in [-0.3, -0.25) is 4.79 Å². The average molecular weight is 323 g/mol. The minimum atomic E-state index is -0.349. The molecule has 2 aromatic carbocycles. The molecule has 0 aliphatic carbocycles. The summed E-state index contributed by atoms with van der Waals surface area (Å²) in [7, 11) is 0. The van der Waals surface area contributed by atoms with Crippen molar-refractivity contribution >= 4 is 45.7 Å². The van der Waals surface area contributed by atoms with Gasteiger partial charge in [-0.1, -0.05) is 23.2 Å². The first kappa shape index (κ1) is 13.9. The van der Waals surface area contributed by atoms with Crippen LogP contribution in [0.2, 0.25) is 10.0 Å². The number of aromatic amines is 1. The van der Waals surface area contributed by atoms with Gasteiger partial charge in [-0.2, -0.15) is 0 Å². The van der Waals surface area contributed by atoms with E-state index in [1.807, 2.05) is 0 Å². The van der Waals surface area contributed by atoms with Crippen LogP contribution in [0.3, 0.4) is 0 Å². The predicted octanol–water partition coefficient (Wildman–Crippen LogP) is 4.87. The van der Waals surface area contributed by atoms with Crippen LogP contribution in [0.5, 0.6) is 0 Å². The molecule has 0 saturated heterocycles. The highest BCUT2D eigenvalue weighted by Crippen LogP contribution is 2.25. The molecular weight excluding hydrogens is 314 g/mol. The highest BCUT2D eigenvalue weighted by Gasteiger charge is 2.11. The zero-order valence-corrected chi connectivity index (χ0v) is 12.1. The van der Waals surface area contributed by atoms with E-state index >= 15 is 0 Å². The van der Waals surface area contributed by atoms with Gasteiger partial charge in [0.1, 0.15) is 11.5 Å². The number of rotatable bonds is 2. The van der Waals surface area contributed by atoms with Crippen molar-refractivity contribution in [3.05, 3.63) is 64.0 Å². The van der Waals surface area contributed by atoms with Gasteiger partial charge in [-0.25, -0.2) is 4.39 Å². The van der Waals surface area contributed by atoms with Gasteiger partial charge < -0.3 is 10.3 Å². The zero-order chi connectivity index (χ0) is 15.0. The number of aromatic nitrogens is 1. The van der Waals surface area contributed by atoms with Crippen LogP contribution in [0.1, 0.15) is 10.5 Å². The van der Waals surface area contributed by atoms with Crippen molar-refractivity contribution in [3.8, 4) is 0 Å². The van der Waals surface area contributed by atoms with E-state index in [9.17, 15) is 9.18 Å². The van der Waals surface area contributed by atoms with Crippen molar-refractivity contribution in [1.82, 2.24) is 4.98 Å². The number of hydrogen-bond donors (Lipinski definition) is 2. The van der Waals surface area contributed by atoms with Crippen LogP contribution in [-0.2, 0) is 0 Å². The van der Waals surface area contributed by atoms with Gasteiger partial charge in [0, 0.05) is 16.6 Å². The molecule has 0 spiro atoms. The standard InChI is InChI=1S/C15H9Cl2FN2O/c16-11-3-2-10(7-12(11)17)19-15(21)14-6-8-5-9(18)1-4-13(8)20-14/h1-7,20H,(H,19,21). The molecule has 0 aliphatic rings. The van der Waals surface area contributed by atoms with Crippen LogP contribution in [0.15, 0.2) is 42.5 Å². The Bertz CT molecular complexity index is 845. The molecule has 1 aromatic heterocycles. The third-order valence-corrected chi connectivity index (χ3v) is 3.74. The summed E-state index contributed by atoms with van der Waals surface area (Å²) in [6, 6.07) is 10.7. The molecule has 3 rings (SSSR count). The van der Waals surface area contributed by atoms with Gasteiger partial charge in [0.15, 0.2) is 0 Å². The largest absolute Gasteiger partial charge is 0.351 e. The number of anilines is 1. The number of amides is 1. The summed E-state index contributed by atoms with van der Waals surface area (Å²) in [5.74, 6) is -0.692. The molecule has 21 heavy (non-hydrogen) atoms. The number of H-pyrrole nitrogens is 1. The van der Waals surface area contributed by atoms with Crippen molar-refractivity contribution in [2.45, 2.75) is 0 Å². The van der Waals surface area contributed by atoms with E-state index in [2.05, 4.69) is 10.3 Å². The molecule has 0 unspecified atom stereocenters. The Balaban J connectivity index is 1.87. The second-order valence-corrected chi connectivity index (χ2v) is 5.31. The van der Waals surface area contributed by atoms with Crippen molar-refractivity contribution in [2.24, 2.45) is 0 Å². The third-order valence-electron chi connectivity index (χ3n) is 3.00. The van der Waals surface area contributed by atoms with Crippen LogP contribution in [0.4, 0.5) is 10.1 Å². The van der Waals surface area contributed by atoms with Gasteiger partial charge in [-0.15, -0.1) is 0 Å². The van der Waals surface area contributed by atoms with Gasteiger partial charge in [0.05, 0.1) is 10.0 Å². The number of benzene rings is 2. The lowest BCUT2D eigenvalue weighted by molar-refractivity contribution is 0.102. The average Bonchev–Trinajstić information content (AvgIpc) is 2.86. The summed E-state index contributed by atoms with van der Waals surface area (Å²) < 4.78 is 13.1. The Labute approximate surface area is 129 Å². The van der Waals surface area contributed by atoms with Gasteiger partial charge >= 0.3 is 0 Å². The van der Waals surface area contributed by atoms with Crippen molar-refractivity contribution in [2.75, 3.05) is 5.32 Å². The van der Waals surface area contributed by atoms with Crippen molar-refractivity contribution in [3.63, 3.8) is 0 Å². The number of fused-ring (bicyclic) bond motifs is 1. The number of nitrogens with one attached hydrogen (secondary N) is 2. The quantitative estimate of drug-likeness (QED) is 0.694. The molecule has 3 nitrogen and oxygen atoms in total. The Hall–Kier alpha value is -2.04. The fourth-order valence-corrected chi connectivity index (χ4v) is 2.30. The van der Waals surface area contributed by atoms with Gasteiger partial charge in [0.2, 0.25) is 0 Å². The molecule has 0 aliphatic heterocycles. The summed E-state index contributed by atoms with van der Waals surface area (Å²) in [4.78, 5) is 15.1. The first-order valence-corrected chi connectivity index (χ1v) is 6.83. The van der Waals surface area contributed by atoms with E-state index in [-0.39, 0.29) is 11.7 Å². The second kappa shape index (κ2) is 5.39. The number of carbonyl (C=O) groups excluding carboxylic acids is 1. The number of hydrogen-bond acceptors (Lipinski definition) is 1. The molecule has 6 heteroatoms. The Morgan fingerprint density at radius 1 is 1.05 bits per heavy atom. The molecule has 3 aromatic rings. The summed E-state index contributed by atoms with van der Waals surface area (Å²) in [6.07, 6.45) is 0. The highest BCUT2D eigenvalue weighted by molar-refractivity contribution is 6.42. The highest BCUT2D eigenvalue weighted by atomic mass is 35.5. The van der Waals surface area contributed by atoms with Crippen LogP contribution in [0.25, 0.3) is 10.9 Å². The number of halogens is 3. The monoisotopic (exact) mass is 322 g/mol. The number of carbonyl (C=O) groups is 1. The van der Waals surface area contributed by atoms with Gasteiger partial charge in [-0.05, 0) is 42.5 Å². The lowest BCUT2D eigenvalue weighted by Gasteiger charge is -2.04. The van der Waals surface area contributed by atoms with Crippen LogP contribution in [-0.4, -0.2) is 10.9 Å². The van der Waals surface area contributed by atoms with Crippen molar-refractivity contribution in [1.29, 1.82) is 0 Å². The van der Waals surface area contributed by atoms with E-state index in [1.165, 1.54) is 12.1 Å². The van der Waals surface area contributed by atoms with Crippen molar-refractivity contribution < 1.29 is 9.18 Å². The summed E-state index contributed by atoms with van der Waals surface area (Å²) in [5.41, 5.74) is 1.55. The molecular formula is C15H9Cl2FN2O. The zero-order valence-electron chi connectivity index (χ0n) is 10.6. The van der Waals surface area contributed by atoms with E-state index in [1.54, 1.807) is 30.3 Å². The van der Waals surface area contributed by atoms with E-state index in [0.717, 1.165) is 0 Å². The van der Waals surface area contributed by atoms with Crippen LogP contribution >= 0.6 is 23.2 Å². The maximum Gasteiger partial charge on any atom is 0.272 e. The second-order valence-electron chi connectivity index (χ2n) is 4.50. The Morgan fingerprint density at radius 3 is 2.62 bits per heavy atom. The molecule has 0 bridgehead atoms. The van der Waals surface area contributed by atoms with E-state index in [4.69, 9.17) is 23.2 Å². The fourth-order valence-electron chi connectivity index (χ4n) is 2.00. The molecule has 1 amide bonds. The smallest absolute Gasteiger partial charge is 0.272 e. The first-order valence-electron chi connectivity index (χ1n) is 6.07. The minimum absolute atomic E-state index is 0.335. The first-order chi connectivity index (χ1) is 10.0. The van der Waals surface area contributed by atoms with E-state index in [0.29, 0.717) is 32.3 Å². The maximum absolute atomic E-state index is 13.1. The lowest BCUT2D eigenvalue weighted by Crippen LogP contribution is -2.12. The molecule has 0 saturated carbocycles. The SMILES string of the molecule is O=C(Nc1ccc(Cl)c(Cl)c1)c1cc2cc(F)ccc2[nH]1. The molecule has 0 fully saturated rings. The Kier molecular flexibility index (Phi) is 3.57. The molecule has 0 atom stereocenters. The summed E-state index contributed by atoms with van der Waals surface area (Å²) in [5, 5.41) is 4.10. The van der Waals surface area contributed by atoms with Crippen LogP contribution < -0.4 is 5.32 Å². The molecule has 2 N–H and O–H groups in total. The fraction of sp³-hybridized carbons (Fsp3) is 0. The normalized spacial score (nSPS) is 10.8. The lowest BCUT2D eigenvalue weighted by atomic mass is 10.2. The summed E-state index contributed by atoms with van der Waals surface area (Å²) in [6.45, 7) is 0. The topological polar surface area (TPSA) is 44.9 Å². The third kappa shape index (κ3) is 2.86. The predicted molar refractivity (Wildman–Crippen MR) is 82.7 cm³/mol. The molecule has 106 valence electrons. The molecule has 0 radical (unpaired) electrons. The van der Waals surface area contributed by atoms with E-state index < -0.39 is 0 Å². The molecule has 1 heterocycles. The van der Waals surface area contributed by atoms with Crippen LogP contribution in [0, 0.1) is 5.82 Å².